The molecule has 2 aromatic heterocycles. The maximum Gasteiger partial charge on any atom is 0.291 e. The van der Waals surface area contributed by atoms with Gasteiger partial charge in [0.25, 0.3) is 5.56 Å². The Kier molecular flexibility index (Phi) is 4.34. The van der Waals surface area contributed by atoms with Crippen molar-refractivity contribution in [2.24, 2.45) is 0 Å². The van der Waals surface area contributed by atoms with Crippen LogP contribution in [0.4, 0.5) is 5.69 Å². The van der Waals surface area contributed by atoms with Crippen LogP contribution in [0.1, 0.15) is 5.56 Å². The molecule has 7 heteroatoms. The van der Waals surface area contributed by atoms with Crippen molar-refractivity contribution in [2.75, 3.05) is 19.0 Å². The van der Waals surface area contributed by atoms with Gasteiger partial charge >= 0.3 is 0 Å². The molecule has 0 aliphatic carbocycles. The molecule has 0 amide bonds. The molecule has 5 nitrogen and oxygen atoms in total. The highest BCUT2D eigenvalue weighted by molar-refractivity contribution is 9.10. The summed E-state index contributed by atoms with van der Waals surface area (Å²) in [4.78, 5) is 19.8. The maximum atomic E-state index is 12.6. The summed E-state index contributed by atoms with van der Waals surface area (Å²) in [6.07, 6.45) is 1.88. The third-order valence-corrected chi connectivity index (χ3v) is 5.48. The van der Waals surface area contributed by atoms with E-state index in [1.54, 1.807) is 0 Å². The Labute approximate surface area is 162 Å². The van der Waals surface area contributed by atoms with E-state index in [2.05, 4.69) is 26.0 Å². The first-order valence-corrected chi connectivity index (χ1v) is 9.57. The lowest BCUT2D eigenvalue weighted by Crippen LogP contribution is -2.23. The van der Waals surface area contributed by atoms with E-state index in [4.69, 9.17) is 0 Å². The minimum Gasteiger partial charge on any atom is -0.378 e. The fraction of sp³-hybridized carbons (Fsp3) is 0.105. The van der Waals surface area contributed by atoms with Gasteiger partial charge in [-0.25, -0.2) is 0 Å². The van der Waals surface area contributed by atoms with E-state index in [0.29, 0.717) is 15.3 Å². The van der Waals surface area contributed by atoms with Crippen LogP contribution in [0.2, 0.25) is 0 Å². The summed E-state index contributed by atoms with van der Waals surface area (Å²) in [7, 11) is 3.99. The van der Waals surface area contributed by atoms with Gasteiger partial charge in [-0.2, -0.15) is 9.50 Å². The van der Waals surface area contributed by atoms with Gasteiger partial charge in [-0.15, -0.1) is 5.10 Å². The number of hydrogen-bond acceptors (Lipinski definition) is 5. The van der Waals surface area contributed by atoms with Crippen molar-refractivity contribution >= 4 is 44.0 Å². The van der Waals surface area contributed by atoms with E-state index in [1.807, 2.05) is 73.6 Å². The first-order chi connectivity index (χ1) is 12.5. The average Bonchev–Trinajstić information content (AvgIpc) is 3.16. The molecule has 2 heterocycles. The SMILES string of the molecule is CN(C)c1ccc(/C=c2\sc3nc(-c4ccc(Br)cc4)nn3c2=O)cc1. The van der Waals surface area contributed by atoms with Crippen LogP contribution < -0.4 is 15.0 Å². The third kappa shape index (κ3) is 3.15. The summed E-state index contributed by atoms with van der Waals surface area (Å²) in [6, 6.07) is 15.8. The Bertz CT molecular complexity index is 1180. The number of hydrogen-bond donors (Lipinski definition) is 0. The second-order valence-electron chi connectivity index (χ2n) is 6.04. The van der Waals surface area contributed by atoms with Crippen LogP contribution in [0.3, 0.4) is 0 Å². The highest BCUT2D eigenvalue weighted by Gasteiger charge is 2.11. The van der Waals surface area contributed by atoms with E-state index in [-0.39, 0.29) is 5.56 Å². The van der Waals surface area contributed by atoms with Crippen LogP contribution >= 0.6 is 27.3 Å². The zero-order valence-electron chi connectivity index (χ0n) is 14.2. The number of halogens is 1. The van der Waals surface area contributed by atoms with E-state index in [0.717, 1.165) is 21.3 Å². The quantitative estimate of drug-likeness (QED) is 0.504. The van der Waals surface area contributed by atoms with Gasteiger partial charge < -0.3 is 4.90 Å². The van der Waals surface area contributed by atoms with Crippen LogP contribution in [0.5, 0.6) is 0 Å². The standard InChI is InChI=1S/C19H15BrN4OS/c1-23(2)15-9-3-12(4-10-15)11-16-18(25)24-19(26-16)21-17(22-24)13-5-7-14(20)8-6-13/h3-11H,1-2H3/b16-11-. The molecule has 4 aromatic rings. The van der Waals surface area contributed by atoms with Gasteiger partial charge in [0.2, 0.25) is 4.96 Å². The van der Waals surface area contributed by atoms with Crippen molar-refractivity contribution in [2.45, 2.75) is 0 Å². The average molecular weight is 427 g/mol. The van der Waals surface area contributed by atoms with Crippen molar-refractivity contribution in [1.29, 1.82) is 0 Å². The summed E-state index contributed by atoms with van der Waals surface area (Å²) in [6.45, 7) is 0. The Hall–Kier alpha value is -2.51. The van der Waals surface area contributed by atoms with Crippen molar-refractivity contribution in [1.82, 2.24) is 14.6 Å². The van der Waals surface area contributed by atoms with Crippen molar-refractivity contribution < 1.29 is 0 Å². The molecule has 2 aromatic carbocycles. The maximum absolute atomic E-state index is 12.6. The smallest absolute Gasteiger partial charge is 0.291 e. The molecular weight excluding hydrogens is 412 g/mol. The predicted molar refractivity (Wildman–Crippen MR) is 110 cm³/mol. The molecule has 130 valence electrons. The van der Waals surface area contributed by atoms with Crippen molar-refractivity contribution in [3.63, 3.8) is 0 Å². The summed E-state index contributed by atoms with van der Waals surface area (Å²) in [5, 5.41) is 4.37. The number of fused-ring (bicyclic) bond motifs is 1. The molecule has 0 saturated carbocycles. The molecule has 0 N–H and O–H groups in total. The fourth-order valence-corrected chi connectivity index (χ4v) is 3.75. The van der Waals surface area contributed by atoms with Crippen LogP contribution in [0, 0.1) is 0 Å². The lowest BCUT2D eigenvalue weighted by Gasteiger charge is -2.11. The molecule has 0 aliphatic heterocycles. The minimum atomic E-state index is -0.141. The Balaban J connectivity index is 1.73. The number of aromatic nitrogens is 3. The van der Waals surface area contributed by atoms with Gasteiger partial charge in [-0.05, 0) is 35.9 Å². The molecule has 0 spiro atoms. The number of rotatable bonds is 3. The first-order valence-electron chi connectivity index (χ1n) is 7.96. The molecule has 0 bridgehead atoms. The zero-order chi connectivity index (χ0) is 18.3. The lowest BCUT2D eigenvalue weighted by molar-refractivity contribution is 0.937. The van der Waals surface area contributed by atoms with Gasteiger partial charge in [0, 0.05) is 29.8 Å². The summed E-state index contributed by atoms with van der Waals surface area (Å²) < 4.78 is 2.99. The van der Waals surface area contributed by atoms with Gasteiger partial charge in [0.15, 0.2) is 5.82 Å². The zero-order valence-corrected chi connectivity index (χ0v) is 16.6. The second kappa shape index (κ2) is 6.66. The number of anilines is 1. The number of benzene rings is 2. The van der Waals surface area contributed by atoms with E-state index in [9.17, 15) is 4.79 Å². The lowest BCUT2D eigenvalue weighted by atomic mass is 10.2. The number of thiazole rings is 1. The molecular formula is C19H15BrN4OS. The van der Waals surface area contributed by atoms with Crippen molar-refractivity contribution in [3.8, 4) is 11.4 Å². The van der Waals surface area contributed by atoms with Crippen LogP contribution in [0.15, 0.2) is 57.8 Å². The Morgan fingerprint density at radius 1 is 1.08 bits per heavy atom. The molecule has 0 atom stereocenters. The van der Waals surface area contributed by atoms with Gasteiger partial charge in [0.1, 0.15) is 0 Å². The second-order valence-corrected chi connectivity index (χ2v) is 7.96. The highest BCUT2D eigenvalue weighted by atomic mass is 79.9. The highest BCUT2D eigenvalue weighted by Crippen LogP contribution is 2.19. The summed E-state index contributed by atoms with van der Waals surface area (Å²) >= 11 is 4.76. The fourth-order valence-electron chi connectivity index (χ4n) is 2.58. The van der Waals surface area contributed by atoms with Crippen LogP contribution in [0.25, 0.3) is 22.4 Å². The minimum absolute atomic E-state index is 0.141. The van der Waals surface area contributed by atoms with Gasteiger partial charge in [-0.3, -0.25) is 4.79 Å². The Morgan fingerprint density at radius 2 is 1.77 bits per heavy atom. The molecule has 0 unspecified atom stereocenters. The van der Waals surface area contributed by atoms with Gasteiger partial charge in [0.05, 0.1) is 4.53 Å². The summed E-state index contributed by atoms with van der Waals surface area (Å²) in [5.74, 6) is 0.558. The predicted octanol–water partition coefficient (Wildman–Crippen LogP) is 3.19. The van der Waals surface area contributed by atoms with E-state index < -0.39 is 0 Å². The molecule has 0 fully saturated rings. The van der Waals surface area contributed by atoms with E-state index >= 15 is 0 Å². The largest absolute Gasteiger partial charge is 0.378 e. The van der Waals surface area contributed by atoms with E-state index in [1.165, 1.54) is 15.9 Å². The molecule has 26 heavy (non-hydrogen) atoms. The topological polar surface area (TPSA) is 50.5 Å². The monoisotopic (exact) mass is 426 g/mol. The number of nitrogens with zero attached hydrogens (tertiary/aromatic N) is 4. The molecule has 0 radical (unpaired) electrons. The Morgan fingerprint density at radius 3 is 2.38 bits per heavy atom. The molecule has 4 rings (SSSR count). The van der Waals surface area contributed by atoms with Crippen molar-refractivity contribution in [3.05, 3.63) is 73.5 Å². The van der Waals surface area contributed by atoms with Crippen LogP contribution in [-0.2, 0) is 0 Å². The van der Waals surface area contributed by atoms with Crippen LogP contribution in [-0.4, -0.2) is 28.7 Å². The molecule has 0 aliphatic rings. The summed E-state index contributed by atoms with van der Waals surface area (Å²) in [5.41, 5.74) is 2.84. The molecule has 0 saturated heterocycles. The third-order valence-electron chi connectivity index (χ3n) is 3.99. The normalized spacial score (nSPS) is 12.0. The first kappa shape index (κ1) is 16.9. The van der Waals surface area contributed by atoms with Gasteiger partial charge in [-0.1, -0.05) is 51.5 Å².